The highest BCUT2D eigenvalue weighted by atomic mass is 17.2. The number of fused-ring (bicyclic) bond motifs is 1. The molecule has 2 aromatic rings. The van der Waals surface area contributed by atoms with Crippen LogP contribution < -0.4 is 4.89 Å². The SMILES string of the molecule is CC(=O)OOc1ccc2ccccc2n1. The molecule has 0 unspecified atom stereocenters. The Morgan fingerprint density at radius 3 is 2.80 bits per heavy atom. The van der Waals surface area contributed by atoms with Gasteiger partial charge in [0.25, 0.3) is 5.88 Å². The van der Waals surface area contributed by atoms with Crippen LogP contribution in [0, 0.1) is 0 Å². The molecule has 4 heteroatoms. The molecular formula is C11H9NO3. The Bertz CT molecular complexity index is 496. The van der Waals surface area contributed by atoms with Gasteiger partial charge in [0.1, 0.15) is 0 Å². The molecule has 1 heterocycles. The predicted octanol–water partition coefficient (Wildman–Crippen LogP) is 2.09. The number of nitrogens with zero attached hydrogens (tertiary/aromatic N) is 1. The Labute approximate surface area is 86.4 Å². The molecule has 0 spiro atoms. The van der Waals surface area contributed by atoms with Crippen molar-refractivity contribution < 1.29 is 14.6 Å². The molecule has 1 aromatic carbocycles. The summed E-state index contributed by atoms with van der Waals surface area (Å²) < 4.78 is 0. The van der Waals surface area contributed by atoms with Crippen LogP contribution in [-0.2, 0) is 9.68 Å². The number of carbonyl (C=O) groups is 1. The first-order valence-electron chi connectivity index (χ1n) is 4.46. The number of rotatable bonds is 2. The number of pyridine rings is 1. The van der Waals surface area contributed by atoms with E-state index in [2.05, 4.69) is 9.87 Å². The molecule has 76 valence electrons. The third kappa shape index (κ3) is 2.22. The van der Waals surface area contributed by atoms with Gasteiger partial charge in [0.2, 0.25) is 0 Å². The van der Waals surface area contributed by atoms with Crippen molar-refractivity contribution >= 4 is 16.9 Å². The van der Waals surface area contributed by atoms with Crippen LogP contribution in [0.2, 0.25) is 0 Å². The zero-order valence-corrected chi connectivity index (χ0v) is 8.14. The average molecular weight is 203 g/mol. The molecule has 0 radical (unpaired) electrons. The van der Waals surface area contributed by atoms with E-state index in [0.29, 0.717) is 0 Å². The molecule has 2 rings (SSSR count). The zero-order valence-electron chi connectivity index (χ0n) is 8.14. The van der Waals surface area contributed by atoms with Crippen LogP contribution >= 0.6 is 0 Å². The lowest BCUT2D eigenvalue weighted by molar-refractivity contribution is -0.212. The van der Waals surface area contributed by atoms with E-state index in [1.165, 1.54) is 6.92 Å². The Balaban J connectivity index is 2.26. The fraction of sp³-hybridized carbons (Fsp3) is 0.0909. The van der Waals surface area contributed by atoms with E-state index >= 15 is 0 Å². The molecular weight excluding hydrogens is 194 g/mol. The summed E-state index contributed by atoms with van der Waals surface area (Å²) in [7, 11) is 0. The molecule has 0 N–H and O–H groups in total. The van der Waals surface area contributed by atoms with Crippen molar-refractivity contribution in [3.8, 4) is 5.88 Å². The van der Waals surface area contributed by atoms with Crippen molar-refractivity contribution in [3.63, 3.8) is 0 Å². The molecule has 1 aromatic heterocycles. The summed E-state index contributed by atoms with van der Waals surface area (Å²) >= 11 is 0. The van der Waals surface area contributed by atoms with E-state index in [1.807, 2.05) is 30.3 Å². The van der Waals surface area contributed by atoms with Crippen molar-refractivity contribution in [1.29, 1.82) is 0 Å². The third-order valence-electron chi connectivity index (χ3n) is 1.82. The first-order chi connectivity index (χ1) is 7.25. The van der Waals surface area contributed by atoms with Gasteiger partial charge in [-0.1, -0.05) is 18.2 Å². The summed E-state index contributed by atoms with van der Waals surface area (Å²) in [6.45, 7) is 1.26. The molecule has 0 saturated heterocycles. The molecule has 0 bridgehead atoms. The van der Waals surface area contributed by atoms with E-state index in [0.717, 1.165) is 10.9 Å². The summed E-state index contributed by atoms with van der Waals surface area (Å²) in [6.07, 6.45) is 0. The van der Waals surface area contributed by atoms with Crippen molar-refractivity contribution in [1.82, 2.24) is 4.98 Å². The Morgan fingerprint density at radius 1 is 1.20 bits per heavy atom. The van der Waals surface area contributed by atoms with Gasteiger partial charge in [-0.25, -0.2) is 14.7 Å². The lowest BCUT2D eigenvalue weighted by Crippen LogP contribution is -2.03. The maximum Gasteiger partial charge on any atom is 0.352 e. The number of aromatic nitrogens is 1. The first-order valence-corrected chi connectivity index (χ1v) is 4.46. The van der Waals surface area contributed by atoms with Crippen LogP contribution in [0.15, 0.2) is 36.4 Å². The van der Waals surface area contributed by atoms with E-state index in [9.17, 15) is 4.79 Å². The molecule has 15 heavy (non-hydrogen) atoms. The monoisotopic (exact) mass is 203 g/mol. The van der Waals surface area contributed by atoms with Crippen molar-refractivity contribution in [2.24, 2.45) is 0 Å². The van der Waals surface area contributed by atoms with Gasteiger partial charge in [0, 0.05) is 18.4 Å². The lowest BCUT2D eigenvalue weighted by atomic mass is 10.2. The second-order valence-corrected chi connectivity index (χ2v) is 3.00. The number of para-hydroxylation sites is 1. The highest BCUT2D eigenvalue weighted by Gasteiger charge is 2.01. The van der Waals surface area contributed by atoms with Gasteiger partial charge >= 0.3 is 5.97 Å². The number of carbonyl (C=O) groups excluding carboxylic acids is 1. The number of hydrogen-bond acceptors (Lipinski definition) is 4. The molecule has 0 aliphatic heterocycles. The summed E-state index contributed by atoms with van der Waals surface area (Å²) in [6, 6.07) is 11.1. The molecule has 0 saturated carbocycles. The summed E-state index contributed by atoms with van der Waals surface area (Å²) in [4.78, 5) is 23.7. The van der Waals surface area contributed by atoms with Gasteiger partial charge in [0.05, 0.1) is 5.52 Å². The maximum atomic E-state index is 10.5. The van der Waals surface area contributed by atoms with Gasteiger partial charge < -0.3 is 0 Å². The maximum absolute atomic E-state index is 10.5. The van der Waals surface area contributed by atoms with Gasteiger partial charge in [-0.3, -0.25) is 4.89 Å². The number of hydrogen-bond donors (Lipinski definition) is 0. The van der Waals surface area contributed by atoms with E-state index < -0.39 is 5.97 Å². The Morgan fingerprint density at radius 2 is 2.00 bits per heavy atom. The van der Waals surface area contributed by atoms with Crippen LogP contribution in [-0.4, -0.2) is 11.0 Å². The Kier molecular flexibility index (Phi) is 2.49. The van der Waals surface area contributed by atoms with Gasteiger partial charge in [-0.05, 0) is 12.1 Å². The summed E-state index contributed by atoms with van der Waals surface area (Å²) in [5, 5.41) is 1.01. The average Bonchev–Trinajstić information content (AvgIpc) is 2.26. The molecule has 0 amide bonds. The Hall–Kier alpha value is -2.10. The van der Waals surface area contributed by atoms with Crippen molar-refractivity contribution in [2.45, 2.75) is 6.92 Å². The zero-order chi connectivity index (χ0) is 10.7. The van der Waals surface area contributed by atoms with Crippen LogP contribution in [0.5, 0.6) is 5.88 Å². The van der Waals surface area contributed by atoms with Gasteiger partial charge in [-0.15, -0.1) is 0 Å². The van der Waals surface area contributed by atoms with E-state index in [4.69, 9.17) is 4.89 Å². The van der Waals surface area contributed by atoms with Gasteiger partial charge in [0.15, 0.2) is 0 Å². The highest BCUT2D eigenvalue weighted by Crippen LogP contribution is 2.15. The van der Waals surface area contributed by atoms with E-state index in [1.54, 1.807) is 6.07 Å². The highest BCUT2D eigenvalue weighted by molar-refractivity contribution is 5.78. The van der Waals surface area contributed by atoms with Crippen LogP contribution in [0.1, 0.15) is 6.92 Å². The standard InChI is InChI=1S/C11H9NO3/c1-8(13)14-15-11-7-6-9-4-2-3-5-10(9)12-11/h2-7H,1H3. The van der Waals surface area contributed by atoms with Crippen LogP contribution in [0.25, 0.3) is 10.9 Å². The van der Waals surface area contributed by atoms with Crippen LogP contribution in [0.4, 0.5) is 0 Å². The second kappa shape index (κ2) is 3.96. The third-order valence-corrected chi connectivity index (χ3v) is 1.82. The largest absolute Gasteiger partial charge is 0.352 e. The first kappa shape index (κ1) is 9.45. The molecule has 4 nitrogen and oxygen atoms in total. The smallest absolute Gasteiger partial charge is 0.266 e. The molecule has 0 atom stereocenters. The summed E-state index contributed by atoms with van der Waals surface area (Å²) in [5.41, 5.74) is 0.794. The minimum atomic E-state index is -0.509. The lowest BCUT2D eigenvalue weighted by Gasteiger charge is -2.02. The van der Waals surface area contributed by atoms with E-state index in [-0.39, 0.29) is 5.88 Å². The summed E-state index contributed by atoms with van der Waals surface area (Å²) in [5.74, 6) is -0.242. The molecule has 0 fully saturated rings. The second-order valence-electron chi connectivity index (χ2n) is 3.00. The van der Waals surface area contributed by atoms with Crippen LogP contribution in [0.3, 0.4) is 0 Å². The molecule has 0 aliphatic rings. The minimum Gasteiger partial charge on any atom is -0.266 e. The number of benzene rings is 1. The minimum absolute atomic E-state index is 0.268. The topological polar surface area (TPSA) is 48.4 Å². The fourth-order valence-corrected chi connectivity index (χ4v) is 1.20. The predicted molar refractivity (Wildman–Crippen MR) is 54.1 cm³/mol. The fourth-order valence-electron chi connectivity index (χ4n) is 1.20. The van der Waals surface area contributed by atoms with Crippen molar-refractivity contribution in [3.05, 3.63) is 36.4 Å². The molecule has 0 aliphatic carbocycles. The van der Waals surface area contributed by atoms with Gasteiger partial charge in [-0.2, -0.15) is 0 Å². The quantitative estimate of drug-likeness (QED) is 0.554. The normalized spacial score (nSPS) is 9.93. The van der Waals surface area contributed by atoms with Crippen molar-refractivity contribution in [2.75, 3.05) is 0 Å².